The Morgan fingerprint density at radius 3 is 2.61 bits per heavy atom. The Labute approximate surface area is 162 Å². The Balaban J connectivity index is 1.58. The fourth-order valence-corrected chi connectivity index (χ4v) is 3.95. The van der Waals surface area contributed by atoms with E-state index in [0.29, 0.717) is 31.7 Å². The normalized spacial score (nSPS) is 22.3. The number of piperazine rings is 1. The molecule has 154 valence electrons. The average Bonchev–Trinajstić information content (AvgIpc) is 2.68. The topological polar surface area (TPSA) is 52.7 Å². The number of likely N-dealkylation sites (tertiary alicyclic amines) is 1. The summed E-state index contributed by atoms with van der Waals surface area (Å²) in [6, 6.07) is 5.05. The Morgan fingerprint density at radius 2 is 1.96 bits per heavy atom. The van der Waals surface area contributed by atoms with Crippen LogP contribution in [-0.4, -0.2) is 60.4 Å². The summed E-state index contributed by atoms with van der Waals surface area (Å²) in [5, 5.41) is 3.05. The van der Waals surface area contributed by atoms with Crippen LogP contribution in [0.5, 0.6) is 0 Å². The molecule has 2 saturated heterocycles. The van der Waals surface area contributed by atoms with Gasteiger partial charge >= 0.3 is 6.18 Å². The number of carbonyl (C=O) groups is 2. The van der Waals surface area contributed by atoms with Crippen molar-refractivity contribution in [2.75, 3.05) is 32.7 Å². The van der Waals surface area contributed by atoms with Crippen molar-refractivity contribution >= 4 is 11.8 Å². The van der Waals surface area contributed by atoms with Gasteiger partial charge in [-0.1, -0.05) is 19.1 Å². The molecule has 2 aliphatic rings. The van der Waals surface area contributed by atoms with Gasteiger partial charge in [0.2, 0.25) is 11.8 Å². The minimum absolute atomic E-state index is 0.0142. The molecule has 2 unspecified atom stereocenters. The second kappa shape index (κ2) is 8.51. The van der Waals surface area contributed by atoms with Crippen LogP contribution < -0.4 is 5.32 Å². The van der Waals surface area contributed by atoms with E-state index in [9.17, 15) is 22.8 Å². The van der Waals surface area contributed by atoms with Crippen molar-refractivity contribution in [3.63, 3.8) is 0 Å². The molecule has 2 heterocycles. The number of halogens is 3. The summed E-state index contributed by atoms with van der Waals surface area (Å²) in [6.07, 6.45) is -2.37. The summed E-state index contributed by atoms with van der Waals surface area (Å²) in [6.45, 7) is 4.81. The summed E-state index contributed by atoms with van der Waals surface area (Å²) in [5.41, 5.74) is 0.0292. The Hall–Kier alpha value is -2.09. The van der Waals surface area contributed by atoms with E-state index in [4.69, 9.17) is 0 Å². The van der Waals surface area contributed by atoms with Gasteiger partial charge in [0.05, 0.1) is 12.1 Å². The summed E-state index contributed by atoms with van der Waals surface area (Å²) >= 11 is 0. The lowest BCUT2D eigenvalue weighted by atomic mass is 9.95. The van der Waals surface area contributed by atoms with Crippen LogP contribution >= 0.6 is 0 Å². The van der Waals surface area contributed by atoms with Crippen LogP contribution in [0.3, 0.4) is 0 Å². The molecule has 8 heteroatoms. The summed E-state index contributed by atoms with van der Waals surface area (Å²) in [4.78, 5) is 28.5. The summed E-state index contributed by atoms with van der Waals surface area (Å²) in [7, 11) is 0. The van der Waals surface area contributed by atoms with Crippen molar-refractivity contribution in [3.05, 3.63) is 35.4 Å². The molecule has 3 rings (SSSR count). The second-order valence-electron chi connectivity index (χ2n) is 7.62. The molecule has 28 heavy (non-hydrogen) atoms. The fraction of sp³-hybridized carbons (Fsp3) is 0.600. The number of alkyl halides is 3. The third-order valence-corrected chi connectivity index (χ3v) is 5.60. The predicted octanol–water partition coefficient (Wildman–Crippen LogP) is 2.62. The summed E-state index contributed by atoms with van der Waals surface area (Å²) in [5.74, 6) is -0.112. The van der Waals surface area contributed by atoms with Gasteiger partial charge in [0.25, 0.3) is 0 Å². The van der Waals surface area contributed by atoms with Crippen molar-refractivity contribution in [2.45, 2.75) is 44.3 Å². The highest BCUT2D eigenvalue weighted by Gasteiger charge is 2.32. The zero-order valence-corrected chi connectivity index (χ0v) is 16.0. The molecule has 0 radical (unpaired) electrons. The van der Waals surface area contributed by atoms with Crippen LogP contribution in [0, 0.1) is 0 Å². The lowest BCUT2D eigenvalue weighted by Gasteiger charge is -2.41. The molecule has 5 nitrogen and oxygen atoms in total. The Morgan fingerprint density at radius 1 is 1.25 bits per heavy atom. The van der Waals surface area contributed by atoms with E-state index in [-0.39, 0.29) is 30.2 Å². The monoisotopic (exact) mass is 397 g/mol. The van der Waals surface area contributed by atoms with Gasteiger partial charge in [-0.2, -0.15) is 13.2 Å². The van der Waals surface area contributed by atoms with E-state index in [1.807, 2.05) is 11.8 Å². The van der Waals surface area contributed by atoms with Crippen molar-refractivity contribution in [3.8, 4) is 0 Å². The summed E-state index contributed by atoms with van der Waals surface area (Å²) < 4.78 is 38.1. The third-order valence-electron chi connectivity index (χ3n) is 5.60. The number of amides is 2. The SMILES string of the molecule is CC(CC(=O)N1CCCC(N2CCNCC2=O)C1)c1ccc(C(F)(F)F)cc1. The van der Waals surface area contributed by atoms with Gasteiger partial charge in [-0.3, -0.25) is 9.59 Å². The quantitative estimate of drug-likeness (QED) is 0.850. The predicted molar refractivity (Wildman–Crippen MR) is 98.7 cm³/mol. The molecule has 1 aromatic rings. The van der Waals surface area contributed by atoms with Crippen molar-refractivity contribution in [1.29, 1.82) is 0 Å². The van der Waals surface area contributed by atoms with Gasteiger partial charge in [-0.05, 0) is 36.5 Å². The molecule has 2 fully saturated rings. The number of nitrogens with one attached hydrogen (secondary N) is 1. The van der Waals surface area contributed by atoms with E-state index < -0.39 is 11.7 Å². The van der Waals surface area contributed by atoms with Gasteiger partial charge in [-0.15, -0.1) is 0 Å². The molecular weight excluding hydrogens is 371 g/mol. The zero-order chi connectivity index (χ0) is 20.3. The van der Waals surface area contributed by atoms with Crippen LogP contribution in [0.4, 0.5) is 13.2 Å². The Bertz CT molecular complexity index is 706. The first kappa shape index (κ1) is 20.6. The zero-order valence-electron chi connectivity index (χ0n) is 16.0. The Kier molecular flexibility index (Phi) is 6.27. The van der Waals surface area contributed by atoms with Crippen molar-refractivity contribution in [2.24, 2.45) is 0 Å². The van der Waals surface area contributed by atoms with E-state index in [0.717, 1.165) is 31.5 Å². The number of carbonyl (C=O) groups excluding carboxylic acids is 2. The van der Waals surface area contributed by atoms with Crippen LogP contribution in [0.1, 0.15) is 43.2 Å². The van der Waals surface area contributed by atoms with Gasteiger partial charge < -0.3 is 15.1 Å². The molecule has 1 aromatic carbocycles. The largest absolute Gasteiger partial charge is 0.416 e. The van der Waals surface area contributed by atoms with Crippen LogP contribution in [-0.2, 0) is 15.8 Å². The first-order valence-corrected chi connectivity index (χ1v) is 9.71. The first-order chi connectivity index (χ1) is 13.3. The van der Waals surface area contributed by atoms with E-state index in [1.54, 1.807) is 4.90 Å². The highest BCUT2D eigenvalue weighted by atomic mass is 19.4. The number of hydrogen-bond donors (Lipinski definition) is 1. The van der Waals surface area contributed by atoms with Crippen LogP contribution in [0.2, 0.25) is 0 Å². The highest BCUT2D eigenvalue weighted by molar-refractivity contribution is 5.80. The second-order valence-corrected chi connectivity index (χ2v) is 7.62. The smallest absolute Gasteiger partial charge is 0.341 e. The van der Waals surface area contributed by atoms with Crippen LogP contribution in [0.25, 0.3) is 0 Å². The number of rotatable bonds is 4. The lowest BCUT2D eigenvalue weighted by Crippen LogP contribution is -2.57. The molecule has 1 N–H and O–H groups in total. The minimum atomic E-state index is -4.36. The molecule has 0 aliphatic carbocycles. The molecule has 0 saturated carbocycles. The van der Waals surface area contributed by atoms with E-state index in [1.165, 1.54) is 12.1 Å². The molecule has 2 atom stereocenters. The van der Waals surface area contributed by atoms with E-state index >= 15 is 0 Å². The standard InChI is InChI=1S/C20H26F3N3O2/c1-14(15-4-6-16(7-5-15)20(21,22)23)11-18(27)25-9-2-3-17(13-25)26-10-8-24-12-19(26)28/h4-7,14,17,24H,2-3,8-13H2,1H3. The van der Waals surface area contributed by atoms with Crippen LogP contribution in [0.15, 0.2) is 24.3 Å². The molecular formula is C20H26F3N3O2. The molecule has 0 aromatic heterocycles. The van der Waals surface area contributed by atoms with Gasteiger partial charge in [0.15, 0.2) is 0 Å². The van der Waals surface area contributed by atoms with Gasteiger partial charge in [-0.25, -0.2) is 0 Å². The number of nitrogens with zero attached hydrogens (tertiary/aromatic N) is 2. The van der Waals surface area contributed by atoms with Gasteiger partial charge in [0, 0.05) is 38.6 Å². The highest BCUT2D eigenvalue weighted by Crippen LogP contribution is 2.31. The lowest BCUT2D eigenvalue weighted by molar-refractivity contribution is -0.140. The van der Waals surface area contributed by atoms with Gasteiger partial charge in [0.1, 0.15) is 0 Å². The molecule has 2 amide bonds. The maximum atomic E-state index is 12.7. The molecule has 2 aliphatic heterocycles. The maximum absolute atomic E-state index is 12.7. The van der Waals surface area contributed by atoms with E-state index in [2.05, 4.69) is 5.32 Å². The number of piperidine rings is 1. The van der Waals surface area contributed by atoms with Crippen molar-refractivity contribution < 1.29 is 22.8 Å². The number of hydrogen-bond acceptors (Lipinski definition) is 3. The average molecular weight is 397 g/mol. The van der Waals surface area contributed by atoms with Crippen molar-refractivity contribution in [1.82, 2.24) is 15.1 Å². The number of benzene rings is 1. The minimum Gasteiger partial charge on any atom is -0.341 e. The maximum Gasteiger partial charge on any atom is 0.416 e. The fourth-order valence-electron chi connectivity index (χ4n) is 3.95. The first-order valence-electron chi connectivity index (χ1n) is 9.71. The molecule has 0 bridgehead atoms. The third kappa shape index (κ3) is 4.84. The molecule has 0 spiro atoms.